The Balaban J connectivity index is 4.02. The largest absolute Gasteiger partial charge is 0.480 e. The third kappa shape index (κ3) is 6.86. The van der Waals surface area contributed by atoms with Crippen LogP contribution < -0.4 is 10.6 Å². The quantitative estimate of drug-likeness (QED) is 0.578. The van der Waals surface area contributed by atoms with E-state index in [2.05, 4.69) is 17.2 Å². The molecule has 0 heterocycles. The standard InChI is InChI=1S/C11H20N2O3/c1-4-5-6-9(10(14)15)13-11(16)12-7-8(2)3/h9H,2,4-7H2,1,3H3,(H,14,15)(H2,12,13,16)/t9-/m0/s1. The van der Waals surface area contributed by atoms with Gasteiger partial charge in [-0.15, -0.1) is 0 Å². The highest BCUT2D eigenvalue weighted by Gasteiger charge is 2.18. The van der Waals surface area contributed by atoms with E-state index >= 15 is 0 Å². The van der Waals surface area contributed by atoms with Crippen molar-refractivity contribution in [3.63, 3.8) is 0 Å². The van der Waals surface area contributed by atoms with Crippen LogP contribution in [0.25, 0.3) is 0 Å². The van der Waals surface area contributed by atoms with Gasteiger partial charge in [0, 0.05) is 6.54 Å². The fraction of sp³-hybridized carbons (Fsp3) is 0.636. The SMILES string of the molecule is C=C(C)CNC(=O)N[C@@H](CCCC)C(=O)O. The number of rotatable bonds is 7. The molecule has 3 N–H and O–H groups in total. The van der Waals surface area contributed by atoms with Crippen LogP contribution in [-0.4, -0.2) is 29.7 Å². The van der Waals surface area contributed by atoms with Crippen molar-refractivity contribution in [2.75, 3.05) is 6.54 Å². The van der Waals surface area contributed by atoms with Gasteiger partial charge in [-0.1, -0.05) is 31.9 Å². The molecule has 0 rings (SSSR count). The van der Waals surface area contributed by atoms with Gasteiger partial charge < -0.3 is 15.7 Å². The first-order valence-electron chi connectivity index (χ1n) is 5.39. The molecule has 0 radical (unpaired) electrons. The summed E-state index contributed by atoms with van der Waals surface area (Å²) in [5.41, 5.74) is 0.815. The van der Waals surface area contributed by atoms with Gasteiger partial charge in [-0.25, -0.2) is 9.59 Å². The molecule has 5 heteroatoms. The molecule has 0 aromatic carbocycles. The lowest BCUT2D eigenvalue weighted by atomic mass is 10.1. The van der Waals surface area contributed by atoms with Crippen LogP contribution in [0.4, 0.5) is 4.79 Å². The minimum absolute atomic E-state index is 0.353. The molecule has 0 saturated carbocycles. The minimum atomic E-state index is -1.00. The minimum Gasteiger partial charge on any atom is -0.480 e. The van der Waals surface area contributed by atoms with Crippen molar-refractivity contribution in [2.45, 2.75) is 39.2 Å². The number of hydrogen-bond acceptors (Lipinski definition) is 2. The lowest BCUT2D eigenvalue weighted by Gasteiger charge is -2.14. The molecule has 0 fully saturated rings. The monoisotopic (exact) mass is 228 g/mol. The fourth-order valence-electron chi connectivity index (χ4n) is 1.11. The predicted octanol–water partition coefficient (Wildman–Crippen LogP) is 1.51. The predicted molar refractivity (Wildman–Crippen MR) is 62.3 cm³/mol. The normalized spacial score (nSPS) is 11.6. The Labute approximate surface area is 95.9 Å². The summed E-state index contributed by atoms with van der Waals surface area (Å²) < 4.78 is 0. The lowest BCUT2D eigenvalue weighted by Crippen LogP contribution is -2.46. The zero-order chi connectivity index (χ0) is 12.6. The number of carboxylic acid groups (broad SMARTS) is 1. The van der Waals surface area contributed by atoms with E-state index in [4.69, 9.17) is 5.11 Å². The molecule has 0 saturated heterocycles. The number of urea groups is 1. The summed E-state index contributed by atoms with van der Waals surface area (Å²) in [4.78, 5) is 22.1. The fourth-order valence-corrected chi connectivity index (χ4v) is 1.11. The number of hydrogen-bond donors (Lipinski definition) is 3. The molecule has 5 nitrogen and oxygen atoms in total. The maximum Gasteiger partial charge on any atom is 0.326 e. The second kappa shape index (κ2) is 7.73. The smallest absolute Gasteiger partial charge is 0.326 e. The summed E-state index contributed by atoms with van der Waals surface area (Å²) in [5, 5.41) is 13.8. The van der Waals surface area contributed by atoms with E-state index in [-0.39, 0.29) is 0 Å². The van der Waals surface area contributed by atoms with Gasteiger partial charge in [0.25, 0.3) is 0 Å². The van der Waals surface area contributed by atoms with Crippen molar-refractivity contribution in [3.8, 4) is 0 Å². The first-order chi connectivity index (χ1) is 7.47. The van der Waals surface area contributed by atoms with Gasteiger partial charge in [0.2, 0.25) is 0 Å². The Morgan fingerprint density at radius 2 is 2.06 bits per heavy atom. The zero-order valence-electron chi connectivity index (χ0n) is 9.88. The highest BCUT2D eigenvalue weighted by atomic mass is 16.4. The van der Waals surface area contributed by atoms with Crippen molar-refractivity contribution >= 4 is 12.0 Å². The van der Waals surface area contributed by atoms with Gasteiger partial charge in [-0.3, -0.25) is 0 Å². The van der Waals surface area contributed by atoms with Crippen LogP contribution in [0.2, 0.25) is 0 Å². The van der Waals surface area contributed by atoms with Gasteiger partial charge in [0.05, 0.1) is 0 Å². The molecule has 16 heavy (non-hydrogen) atoms. The summed E-state index contributed by atoms with van der Waals surface area (Å²) in [6.45, 7) is 7.74. The van der Waals surface area contributed by atoms with Crippen LogP contribution in [0, 0.1) is 0 Å². The number of unbranched alkanes of at least 4 members (excludes halogenated alkanes) is 1. The van der Waals surface area contributed by atoms with E-state index in [1.165, 1.54) is 0 Å². The van der Waals surface area contributed by atoms with Gasteiger partial charge in [-0.2, -0.15) is 0 Å². The highest BCUT2D eigenvalue weighted by Crippen LogP contribution is 2.00. The number of carbonyl (C=O) groups is 2. The van der Waals surface area contributed by atoms with Gasteiger partial charge in [-0.05, 0) is 13.3 Å². The first kappa shape index (κ1) is 14.5. The third-order valence-corrected chi connectivity index (χ3v) is 2.00. The van der Waals surface area contributed by atoms with Crippen LogP contribution in [0.3, 0.4) is 0 Å². The van der Waals surface area contributed by atoms with E-state index in [1.807, 2.05) is 6.92 Å². The zero-order valence-corrected chi connectivity index (χ0v) is 9.88. The Kier molecular flexibility index (Phi) is 7.00. The number of aliphatic carboxylic acids is 1. The molecule has 0 spiro atoms. The number of carbonyl (C=O) groups excluding carboxylic acids is 1. The highest BCUT2D eigenvalue weighted by molar-refractivity contribution is 5.82. The topological polar surface area (TPSA) is 78.4 Å². The van der Waals surface area contributed by atoms with Crippen molar-refractivity contribution in [2.24, 2.45) is 0 Å². The van der Waals surface area contributed by atoms with E-state index in [0.29, 0.717) is 13.0 Å². The van der Waals surface area contributed by atoms with Crippen LogP contribution in [0.1, 0.15) is 33.1 Å². The van der Waals surface area contributed by atoms with Crippen molar-refractivity contribution in [1.29, 1.82) is 0 Å². The van der Waals surface area contributed by atoms with E-state index in [0.717, 1.165) is 18.4 Å². The summed E-state index contributed by atoms with van der Waals surface area (Å²) >= 11 is 0. The molecule has 0 aromatic heterocycles. The molecule has 0 aliphatic heterocycles. The van der Waals surface area contributed by atoms with Crippen LogP contribution >= 0.6 is 0 Å². The summed E-state index contributed by atoms with van der Waals surface area (Å²) in [7, 11) is 0. The second-order valence-electron chi connectivity index (χ2n) is 3.82. The summed E-state index contributed by atoms with van der Waals surface area (Å²) in [6.07, 6.45) is 2.13. The average Bonchev–Trinajstić information content (AvgIpc) is 2.20. The Morgan fingerprint density at radius 3 is 2.50 bits per heavy atom. The third-order valence-electron chi connectivity index (χ3n) is 2.00. The number of carboxylic acids is 1. The number of nitrogens with one attached hydrogen (secondary N) is 2. The molecular weight excluding hydrogens is 208 g/mol. The molecule has 0 unspecified atom stereocenters. The van der Waals surface area contributed by atoms with Crippen LogP contribution in [0.5, 0.6) is 0 Å². The maximum absolute atomic E-state index is 11.3. The van der Waals surface area contributed by atoms with Crippen LogP contribution in [-0.2, 0) is 4.79 Å². The van der Waals surface area contributed by atoms with Crippen molar-refractivity contribution in [3.05, 3.63) is 12.2 Å². The molecule has 1 atom stereocenters. The molecule has 0 bridgehead atoms. The van der Waals surface area contributed by atoms with Gasteiger partial charge in [0.1, 0.15) is 6.04 Å². The molecule has 2 amide bonds. The molecular formula is C11H20N2O3. The molecule has 0 aromatic rings. The average molecular weight is 228 g/mol. The first-order valence-corrected chi connectivity index (χ1v) is 5.39. The summed E-state index contributed by atoms with van der Waals surface area (Å²) in [5.74, 6) is -1.00. The maximum atomic E-state index is 11.3. The summed E-state index contributed by atoms with van der Waals surface area (Å²) in [6, 6.07) is -1.28. The Bertz CT molecular complexity index is 264. The molecule has 0 aliphatic carbocycles. The molecule has 92 valence electrons. The van der Waals surface area contributed by atoms with Crippen molar-refractivity contribution < 1.29 is 14.7 Å². The van der Waals surface area contributed by atoms with Crippen molar-refractivity contribution in [1.82, 2.24) is 10.6 Å². The van der Waals surface area contributed by atoms with E-state index < -0.39 is 18.0 Å². The van der Waals surface area contributed by atoms with E-state index in [9.17, 15) is 9.59 Å². The lowest BCUT2D eigenvalue weighted by molar-refractivity contribution is -0.139. The number of amides is 2. The van der Waals surface area contributed by atoms with Crippen LogP contribution in [0.15, 0.2) is 12.2 Å². The Morgan fingerprint density at radius 1 is 1.44 bits per heavy atom. The second-order valence-corrected chi connectivity index (χ2v) is 3.82. The molecule has 0 aliphatic rings. The van der Waals surface area contributed by atoms with E-state index in [1.54, 1.807) is 6.92 Å². The Hall–Kier alpha value is -1.52. The van der Waals surface area contributed by atoms with Gasteiger partial charge in [0.15, 0.2) is 0 Å². The van der Waals surface area contributed by atoms with Gasteiger partial charge >= 0.3 is 12.0 Å².